The van der Waals surface area contributed by atoms with Crippen LogP contribution < -0.4 is 15.7 Å². The molecule has 1 N–H and O–H groups in total. The van der Waals surface area contributed by atoms with Gasteiger partial charge in [-0.1, -0.05) is 11.6 Å². The molecular formula is C21H14ClF3N4O4. The Balaban J connectivity index is 1.57. The van der Waals surface area contributed by atoms with Crippen LogP contribution in [0.1, 0.15) is 11.1 Å². The fourth-order valence-corrected chi connectivity index (χ4v) is 3.32. The van der Waals surface area contributed by atoms with Gasteiger partial charge in [-0.15, -0.1) is 0 Å². The van der Waals surface area contributed by atoms with Crippen LogP contribution in [0.4, 0.5) is 18.9 Å². The van der Waals surface area contributed by atoms with Crippen molar-refractivity contribution < 1.29 is 27.1 Å². The Labute approximate surface area is 188 Å². The fraction of sp³-hybridized carbons (Fsp3) is 0.143. The number of ether oxygens (including phenoxy) is 1. The molecule has 12 heteroatoms. The first-order valence-corrected chi connectivity index (χ1v) is 9.72. The Morgan fingerprint density at radius 3 is 2.73 bits per heavy atom. The number of benzene rings is 2. The third-order valence-electron chi connectivity index (χ3n) is 4.63. The molecule has 2 aromatic heterocycles. The molecule has 0 aliphatic heterocycles. The van der Waals surface area contributed by atoms with E-state index in [1.807, 2.05) is 0 Å². The molecular weight excluding hydrogens is 465 g/mol. The average molecular weight is 479 g/mol. The SMILES string of the molecule is Cc1cc(=O)oc2cc(OCC(=O)Nc3cc(C(F)(F)F)ccc3-n3cncn3)c(Cl)cc12. The van der Waals surface area contributed by atoms with E-state index in [0.29, 0.717) is 10.9 Å². The van der Waals surface area contributed by atoms with Crippen LogP contribution in [-0.4, -0.2) is 27.3 Å². The zero-order valence-electron chi connectivity index (χ0n) is 16.8. The van der Waals surface area contributed by atoms with Gasteiger partial charge in [-0.3, -0.25) is 4.79 Å². The Kier molecular flexibility index (Phi) is 5.81. The minimum atomic E-state index is -4.61. The van der Waals surface area contributed by atoms with E-state index in [2.05, 4.69) is 15.4 Å². The molecule has 0 saturated heterocycles. The standard InChI is InChI=1S/C21H14ClF3N4O4/c1-11-4-20(31)33-17-7-18(14(22)6-13(11)17)32-8-19(30)28-15-5-12(21(23,24)25)2-3-16(15)29-10-26-9-27-29/h2-7,9-10H,8H2,1H3,(H,28,30). The molecule has 2 aromatic carbocycles. The second-order valence-corrected chi connectivity index (χ2v) is 7.34. The van der Waals surface area contributed by atoms with Crippen molar-refractivity contribution in [3.63, 3.8) is 0 Å². The van der Waals surface area contributed by atoms with Crippen molar-refractivity contribution in [3.8, 4) is 11.4 Å². The van der Waals surface area contributed by atoms with E-state index in [4.69, 9.17) is 20.8 Å². The predicted octanol–water partition coefficient (Wildman–Crippen LogP) is 4.37. The maximum atomic E-state index is 13.2. The van der Waals surface area contributed by atoms with Crippen molar-refractivity contribution in [3.05, 3.63) is 75.6 Å². The number of hydrogen-bond donors (Lipinski definition) is 1. The van der Waals surface area contributed by atoms with Crippen LogP contribution in [0.2, 0.25) is 5.02 Å². The average Bonchev–Trinajstić information content (AvgIpc) is 3.27. The monoisotopic (exact) mass is 478 g/mol. The molecule has 0 radical (unpaired) electrons. The van der Waals surface area contributed by atoms with Gasteiger partial charge in [-0.25, -0.2) is 14.5 Å². The second kappa shape index (κ2) is 8.58. The molecule has 0 unspecified atom stereocenters. The highest BCUT2D eigenvalue weighted by Gasteiger charge is 2.31. The quantitative estimate of drug-likeness (QED) is 0.428. The molecule has 0 spiro atoms. The summed E-state index contributed by atoms with van der Waals surface area (Å²) in [6.07, 6.45) is -2.13. The number of alkyl halides is 3. The van der Waals surface area contributed by atoms with Crippen molar-refractivity contribution in [2.45, 2.75) is 13.1 Å². The third kappa shape index (κ3) is 4.82. The van der Waals surface area contributed by atoms with Crippen molar-refractivity contribution >= 4 is 34.2 Å². The molecule has 0 aliphatic carbocycles. The maximum Gasteiger partial charge on any atom is 0.416 e. The first-order chi connectivity index (χ1) is 15.6. The van der Waals surface area contributed by atoms with Crippen molar-refractivity contribution in [2.75, 3.05) is 11.9 Å². The number of halogens is 4. The van der Waals surface area contributed by atoms with Crippen LogP contribution in [0.5, 0.6) is 5.75 Å². The fourth-order valence-electron chi connectivity index (χ4n) is 3.10. The molecule has 0 bridgehead atoms. The summed E-state index contributed by atoms with van der Waals surface area (Å²) < 4.78 is 51.2. The minimum absolute atomic E-state index is 0.0635. The van der Waals surface area contributed by atoms with Crippen LogP contribution in [0.3, 0.4) is 0 Å². The molecule has 4 rings (SSSR count). The number of fused-ring (bicyclic) bond motifs is 1. The van der Waals surface area contributed by atoms with E-state index in [1.165, 1.54) is 41.6 Å². The molecule has 2 heterocycles. The first-order valence-electron chi connectivity index (χ1n) is 9.35. The van der Waals surface area contributed by atoms with Gasteiger partial charge in [0.1, 0.15) is 24.0 Å². The highest BCUT2D eigenvalue weighted by atomic mass is 35.5. The lowest BCUT2D eigenvalue weighted by molar-refractivity contribution is -0.137. The molecule has 33 heavy (non-hydrogen) atoms. The van der Waals surface area contributed by atoms with E-state index in [0.717, 1.165) is 12.1 Å². The first kappa shape index (κ1) is 22.3. The smallest absolute Gasteiger partial charge is 0.416 e. The molecule has 0 saturated carbocycles. The van der Waals surface area contributed by atoms with E-state index in [-0.39, 0.29) is 27.7 Å². The highest BCUT2D eigenvalue weighted by molar-refractivity contribution is 6.32. The van der Waals surface area contributed by atoms with Gasteiger partial charge in [0.15, 0.2) is 6.61 Å². The highest BCUT2D eigenvalue weighted by Crippen LogP contribution is 2.34. The van der Waals surface area contributed by atoms with Gasteiger partial charge < -0.3 is 14.5 Å². The van der Waals surface area contributed by atoms with Gasteiger partial charge in [-0.2, -0.15) is 18.3 Å². The molecule has 8 nitrogen and oxygen atoms in total. The Morgan fingerprint density at radius 2 is 2.03 bits per heavy atom. The molecule has 1 amide bonds. The summed E-state index contributed by atoms with van der Waals surface area (Å²) in [5.41, 5.74) is -0.615. The summed E-state index contributed by atoms with van der Waals surface area (Å²) >= 11 is 6.20. The van der Waals surface area contributed by atoms with Crippen molar-refractivity contribution in [1.82, 2.24) is 14.8 Å². The molecule has 0 fully saturated rings. The molecule has 4 aromatic rings. The minimum Gasteiger partial charge on any atom is -0.482 e. The second-order valence-electron chi connectivity index (χ2n) is 6.93. The number of carbonyl (C=O) groups is 1. The lowest BCUT2D eigenvalue weighted by Crippen LogP contribution is -2.22. The molecule has 0 aliphatic rings. The normalized spacial score (nSPS) is 11.5. The molecule has 0 atom stereocenters. The summed E-state index contributed by atoms with van der Waals surface area (Å²) in [5.74, 6) is -0.689. The summed E-state index contributed by atoms with van der Waals surface area (Å²) in [6.45, 7) is 1.14. The lowest BCUT2D eigenvalue weighted by Gasteiger charge is -2.15. The van der Waals surface area contributed by atoms with E-state index in [1.54, 1.807) is 6.92 Å². The summed E-state index contributed by atoms with van der Waals surface area (Å²) in [5, 5.41) is 7.03. The summed E-state index contributed by atoms with van der Waals surface area (Å²) in [4.78, 5) is 27.8. The summed E-state index contributed by atoms with van der Waals surface area (Å²) in [6, 6.07) is 7.03. The van der Waals surface area contributed by atoms with Crippen LogP contribution in [-0.2, 0) is 11.0 Å². The largest absolute Gasteiger partial charge is 0.482 e. The topological polar surface area (TPSA) is 99.2 Å². The van der Waals surface area contributed by atoms with Crippen LogP contribution >= 0.6 is 11.6 Å². The predicted molar refractivity (Wildman–Crippen MR) is 113 cm³/mol. The zero-order chi connectivity index (χ0) is 23.8. The van der Waals surface area contributed by atoms with Crippen molar-refractivity contribution in [2.24, 2.45) is 0 Å². The maximum absolute atomic E-state index is 13.2. The van der Waals surface area contributed by atoms with Crippen LogP contribution in [0, 0.1) is 6.92 Å². The van der Waals surface area contributed by atoms with E-state index in [9.17, 15) is 22.8 Å². The van der Waals surface area contributed by atoms with Gasteiger partial charge in [0.2, 0.25) is 0 Å². The van der Waals surface area contributed by atoms with Gasteiger partial charge in [0.05, 0.1) is 22.0 Å². The van der Waals surface area contributed by atoms with Crippen LogP contribution in [0.15, 0.2) is 58.3 Å². The van der Waals surface area contributed by atoms with Gasteiger partial charge >= 0.3 is 11.8 Å². The Bertz CT molecular complexity index is 1400. The summed E-state index contributed by atoms with van der Waals surface area (Å²) in [7, 11) is 0. The van der Waals surface area contributed by atoms with Crippen molar-refractivity contribution in [1.29, 1.82) is 0 Å². The number of aryl methyl sites for hydroxylation is 1. The number of carbonyl (C=O) groups excluding carboxylic acids is 1. The number of nitrogens with one attached hydrogen (secondary N) is 1. The number of aromatic nitrogens is 3. The lowest BCUT2D eigenvalue weighted by atomic mass is 10.1. The van der Waals surface area contributed by atoms with Gasteiger partial charge in [0.25, 0.3) is 5.91 Å². The number of hydrogen-bond acceptors (Lipinski definition) is 6. The Hall–Kier alpha value is -3.86. The number of anilines is 1. The number of nitrogens with zero attached hydrogens (tertiary/aromatic N) is 3. The third-order valence-corrected chi connectivity index (χ3v) is 4.92. The van der Waals surface area contributed by atoms with E-state index < -0.39 is 29.9 Å². The van der Waals surface area contributed by atoms with Gasteiger partial charge in [-0.05, 0) is 36.8 Å². The molecule has 170 valence electrons. The number of rotatable bonds is 5. The Morgan fingerprint density at radius 1 is 1.24 bits per heavy atom. The van der Waals surface area contributed by atoms with Crippen LogP contribution in [0.25, 0.3) is 16.7 Å². The number of amides is 1. The zero-order valence-corrected chi connectivity index (χ0v) is 17.6. The van der Waals surface area contributed by atoms with Gasteiger partial charge in [0, 0.05) is 17.5 Å². The van der Waals surface area contributed by atoms with E-state index >= 15 is 0 Å².